The second kappa shape index (κ2) is 8.88. The summed E-state index contributed by atoms with van der Waals surface area (Å²) in [6.07, 6.45) is 2.48. The third-order valence-electron chi connectivity index (χ3n) is 3.65. The molecule has 0 unspecified atom stereocenters. The lowest BCUT2D eigenvalue weighted by atomic mass is 10.2. The van der Waals surface area contributed by atoms with E-state index in [1.54, 1.807) is 50.4 Å². The smallest absolute Gasteiger partial charge is 0.260 e. The van der Waals surface area contributed by atoms with Crippen molar-refractivity contribution < 1.29 is 17.9 Å². The lowest BCUT2D eigenvalue weighted by Gasteiger charge is -2.23. The molecule has 0 aliphatic rings. The third-order valence-corrected chi connectivity index (χ3v) is 5.01. The average molecular weight is 410 g/mol. The van der Waals surface area contributed by atoms with Gasteiger partial charge in [0.1, 0.15) is 12.3 Å². The Labute approximate surface area is 163 Å². The largest absolute Gasteiger partial charge is 0.497 e. The number of hydrogen-bond donors (Lipinski definition) is 1. The molecule has 2 aromatic carbocycles. The van der Waals surface area contributed by atoms with Crippen molar-refractivity contribution in [2.45, 2.75) is 6.92 Å². The van der Waals surface area contributed by atoms with Gasteiger partial charge >= 0.3 is 0 Å². The number of ether oxygens (including phenoxy) is 1. The van der Waals surface area contributed by atoms with Gasteiger partial charge in [-0.25, -0.2) is 13.8 Å². The van der Waals surface area contributed by atoms with E-state index in [2.05, 4.69) is 10.5 Å². The van der Waals surface area contributed by atoms with E-state index < -0.39 is 22.5 Å². The van der Waals surface area contributed by atoms with Crippen molar-refractivity contribution in [3.05, 3.63) is 58.6 Å². The number of rotatable bonds is 7. The maximum Gasteiger partial charge on any atom is 0.260 e. The summed E-state index contributed by atoms with van der Waals surface area (Å²) in [5.74, 6) is 0.126. The maximum absolute atomic E-state index is 12.2. The van der Waals surface area contributed by atoms with Crippen LogP contribution >= 0.6 is 11.6 Å². The minimum absolute atomic E-state index is 0.347. The molecule has 9 heteroatoms. The highest BCUT2D eigenvalue weighted by Crippen LogP contribution is 2.26. The van der Waals surface area contributed by atoms with Crippen molar-refractivity contribution >= 4 is 39.4 Å². The fraction of sp³-hybridized carbons (Fsp3) is 0.222. The first kappa shape index (κ1) is 20.7. The Hall–Kier alpha value is -2.58. The van der Waals surface area contributed by atoms with Gasteiger partial charge in [0, 0.05) is 5.02 Å². The van der Waals surface area contributed by atoms with E-state index >= 15 is 0 Å². The molecule has 27 heavy (non-hydrogen) atoms. The molecule has 144 valence electrons. The van der Waals surface area contributed by atoms with Crippen molar-refractivity contribution in [2.24, 2.45) is 5.10 Å². The van der Waals surface area contributed by atoms with E-state index in [1.807, 2.05) is 0 Å². The first-order valence-corrected chi connectivity index (χ1v) is 10.1. The van der Waals surface area contributed by atoms with Gasteiger partial charge in [-0.05, 0) is 54.4 Å². The number of hydrogen-bond acceptors (Lipinski definition) is 5. The fourth-order valence-corrected chi connectivity index (χ4v) is 3.34. The van der Waals surface area contributed by atoms with Crippen LogP contribution in [0.3, 0.4) is 0 Å². The Balaban J connectivity index is 2.10. The number of hydrazone groups is 1. The highest BCUT2D eigenvalue weighted by molar-refractivity contribution is 7.92. The number of aryl methyl sites for hydroxylation is 1. The van der Waals surface area contributed by atoms with E-state index in [9.17, 15) is 13.2 Å². The Morgan fingerprint density at radius 3 is 2.52 bits per heavy atom. The first-order valence-electron chi connectivity index (χ1n) is 7.90. The van der Waals surface area contributed by atoms with Crippen molar-refractivity contribution in [3.63, 3.8) is 0 Å². The Bertz CT molecular complexity index is 944. The van der Waals surface area contributed by atoms with Crippen molar-refractivity contribution in [1.82, 2.24) is 5.43 Å². The molecule has 1 amide bonds. The second-order valence-corrected chi connectivity index (χ2v) is 8.11. The number of benzene rings is 2. The molecular weight excluding hydrogens is 390 g/mol. The van der Waals surface area contributed by atoms with Crippen molar-refractivity contribution in [1.29, 1.82) is 0 Å². The Morgan fingerprint density at radius 1 is 1.26 bits per heavy atom. The van der Waals surface area contributed by atoms with Gasteiger partial charge in [0.05, 0.1) is 25.3 Å². The first-order chi connectivity index (χ1) is 12.7. The van der Waals surface area contributed by atoms with Gasteiger partial charge in [-0.1, -0.05) is 17.7 Å². The van der Waals surface area contributed by atoms with E-state index in [-0.39, 0.29) is 0 Å². The minimum Gasteiger partial charge on any atom is -0.497 e. The lowest BCUT2D eigenvalue weighted by Crippen LogP contribution is -2.39. The molecule has 0 aliphatic carbocycles. The van der Waals surface area contributed by atoms with Gasteiger partial charge in [-0.15, -0.1) is 0 Å². The van der Waals surface area contributed by atoms with Crippen LogP contribution in [0.25, 0.3) is 0 Å². The molecule has 2 rings (SSSR count). The summed E-state index contributed by atoms with van der Waals surface area (Å²) in [6.45, 7) is 1.32. The summed E-state index contributed by atoms with van der Waals surface area (Å²) in [5, 5.41) is 4.23. The van der Waals surface area contributed by atoms with Crippen LogP contribution in [-0.2, 0) is 14.8 Å². The molecule has 0 aliphatic heterocycles. The zero-order valence-electron chi connectivity index (χ0n) is 15.1. The maximum atomic E-state index is 12.2. The number of nitrogens with zero attached hydrogens (tertiary/aromatic N) is 2. The predicted molar refractivity (Wildman–Crippen MR) is 107 cm³/mol. The molecule has 0 aromatic heterocycles. The monoisotopic (exact) mass is 409 g/mol. The van der Waals surface area contributed by atoms with Crippen LogP contribution in [0.15, 0.2) is 47.6 Å². The van der Waals surface area contributed by atoms with Crippen LogP contribution in [-0.4, -0.2) is 40.4 Å². The summed E-state index contributed by atoms with van der Waals surface area (Å²) in [6, 6.07) is 11.9. The molecule has 0 heterocycles. The summed E-state index contributed by atoms with van der Waals surface area (Å²) in [5.41, 5.74) is 4.10. The quantitative estimate of drug-likeness (QED) is 0.562. The van der Waals surface area contributed by atoms with Crippen LogP contribution < -0.4 is 14.5 Å². The number of amides is 1. The third kappa shape index (κ3) is 5.97. The zero-order chi connectivity index (χ0) is 20.0. The van der Waals surface area contributed by atoms with Gasteiger partial charge in [0.25, 0.3) is 5.91 Å². The molecule has 0 bridgehead atoms. The van der Waals surface area contributed by atoms with E-state index in [0.29, 0.717) is 22.0 Å². The van der Waals surface area contributed by atoms with Crippen LogP contribution in [0, 0.1) is 6.92 Å². The number of methoxy groups -OCH3 is 1. The molecule has 1 N–H and O–H groups in total. The molecule has 0 fully saturated rings. The number of anilines is 1. The molecule has 0 atom stereocenters. The number of carbonyl (C=O) groups excluding carboxylic acids is 1. The van der Waals surface area contributed by atoms with Crippen LogP contribution in [0.5, 0.6) is 5.75 Å². The molecular formula is C18H20ClN3O4S. The number of sulfonamides is 1. The van der Waals surface area contributed by atoms with Gasteiger partial charge in [-0.3, -0.25) is 9.10 Å². The molecule has 0 radical (unpaired) electrons. The Kier molecular flexibility index (Phi) is 6.81. The van der Waals surface area contributed by atoms with Crippen LogP contribution in [0.1, 0.15) is 11.1 Å². The van der Waals surface area contributed by atoms with Gasteiger partial charge in [-0.2, -0.15) is 5.10 Å². The van der Waals surface area contributed by atoms with Crippen molar-refractivity contribution in [2.75, 3.05) is 24.2 Å². The summed E-state index contributed by atoms with van der Waals surface area (Å²) in [7, 11) is -2.12. The van der Waals surface area contributed by atoms with Gasteiger partial charge < -0.3 is 4.74 Å². The van der Waals surface area contributed by atoms with Crippen LogP contribution in [0.4, 0.5) is 5.69 Å². The number of nitrogens with one attached hydrogen (secondary N) is 1. The van der Waals surface area contributed by atoms with Gasteiger partial charge in [0.2, 0.25) is 10.0 Å². The predicted octanol–water partition coefficient (Wildman–Crippen LogP) is 2.57. The summed E-state index contributed by atoms with van der Waals surface area (Å²) >= 11 is 5.97. The van der Waals surface area contributed by atoms with E-state index in [0.717, 1.165) is 16.1 Å². The molecule has 0 spiro atoms. The molecule has 7 nitrogen and oxygen atoms in total. The van der Waals surface area contributed by atoms with Gasteiger partial charge in [0.15, 0.2) is 0 Å². The molecule has 0 saturated carbocycles. The van der Waals surface area contributed by atoms with Crippen LogP contribution in [0.2, 0.25) is 5.02 Å². The molecule has 2 aromatic rings. The lowest BCUT2D eigenvalue weighted by molar-refractivity contribution is -0.119. The fourth-order valence-electron chi connectivity index (χ4n) is 2.27. The standard InChI is InChI=1S/C18H20ClN3O4S/c1-13-4-7-15(19)10-17(13)22(27(3,24)25)12-18(23)21-20-11-14-5-8-16(26-2)9-6-14/h4-11H,12H2,1-3H3,(H,21,23)/b20-11-. The Morgan fingerprint density at radius 2 is 1.93 bits per heavy atom. The van der Waals surface area contributed by atoms with Crippen molar-refractivity contribution in [3.8, 4) is 5.75 Å². The molecule has 0 saturated heterocycles. The average Bonchev–Trinajstić information content (AvgIpc) is 2.61. The number of carbonyl (C=O) groups is 1. The SMILES string of the molecule is COc1ccc(/C=N\NC(=O)CN(c2cc(Cl)ccc2C)S(C)(=O)=O)cc1. The van der Waals surface area contributed by atoms with E-state index in [4.69, 9.17) is 16.3 Å². The summed E-state index contributed by atoms with van der Waals surface area (Å²) in [4.78, 5) is 12.2. The topological polar surface area (TPSA) is 88.1 Å². The van der Waals surface area contributed by atoms with E-state index in [1.165, 1.54) is 12.3 Å². The second-order valence-electron chi connectivity index (χ2n) is 5.77. The number of halogens is 1. The minimum atomic E-state index is -3.69. The zero-order valence-corrected chi connectivity index (χ0v) is 16.7. The highest BCUT2D eigenvalue weighted by Gasteiger charge is 2.22. The highest BCUT2D eigenvalue weighted by atomic mass is 35.5. The summed E-state index contributed by atoms with van der Waals surface area (Å²) < 4.78 is 30.3. The normalized spacial score (nSPS) is 11.4.